The monoisotopic (exact) mass is 266 g/mol. The van der Waals surface area contributed by atoms with Crippen LogP contribution in [0.1, 0.15) is 40.0 Å². The van der Waals surface area contributed by atoms with E-state index in [0.717, 1.165) is 19.4 Å². The molecule has 108 valence electrons. The summed E-state index contributed by atoms with van der Waals surface area (Å²) in [7, 11) is 0. The smallest absolute Gasteiger partial charge is 0.221 e. The summed E-state index contributed by atoms with van der Waals surface area (Å²) in [6, 6.07) is 1.83. The molecular formula is C14H26N4O. The van der Waals surface area contributed by atoms with Gasteiger partial charge >= 0.3 is 0 Å². The molecule has 5 heteroatoms. The van der Waals surface area contributed by atoms with Crippen molar-refractivity contribution < 1.29 is 4.79 Å². The van der Waals surface area contributed by atoms with Crippen LogP contribution in [0.4, 0.5) is 0 Å². The number of hydrogen-bond acceptors (Lipinski definition) is 3. The highest BCUT2D eigenvalue weighted by atomic mass is 16.1. The Hall–Kier alpha value is -1.36. The van der Waals surface area contributed by atoms with Gasteiger partial charge in [0.1, 0.15) is 0 Å². The zero-order chi connectivity index (χ0) is 14.3. The fraction of sp³-hybridized carbons (Fsp3) is 0.714. The van der Waals surface area contributed by atoms with E-state index in [2.05, 4.69) is 31.2 Å². The molecule has 0 aliphatic carbocycles. The number of aryl methyl sites for hydroxylation is 1. The maximum Gasteiger partial charge on any atom is 0.221 e. The molecule has 1 aromatic heterocycles. The van der Waals surface area contributed by atoms with Crippen molar-refractivity contribution in [3.05, 3.63) is 18.5 Å². The Morgan fingerprint density at radius 1 is 1.47 bits per heavy atom. The standard InChI is InChI=1S/C14H26N4O/c1-14(2,3)11-12(15)10-13(19)16-6-4-8-18-9-5-7-17-18/h5,7,9,12H,4,6,8,10-11,15H2,1-3H3,(H,16,19). The van der Waals surface area contributed by atoms with Gasteiger partial charge in [-0.2, -0.15) is 5.10 Å². The third-order valence-electron chi connectivity index (χ3n) is 2.77. The molecule has 0 saturated heterocycles. The van der Waals surface area contributed by atoms with Gasteiger partial charge in [0, 0.05) is 37.9 Å². The minimum atomic E-state index is -0.0638. The molecule has 0 radical (unpaired) electrons. The van der Waals surface area contributed by atoms with Gasteiger partial charge in [-0.25, -0.2) is 0 Å². The van der Waals surface area contributed by atoms with E-state index in [-0.39, 0.29) is 17.4 Å². The minimum Gasteiger partial charge on any atom is -0.356 e. The Labute approximate surface area is 115 Å². The number of rotatable bonds is 7. The molecule has 0 aliphatic heterocycles. The summed E-state index contributed by atoms with van der Waals surface area (Å²) >= 11 is 0. The van der Waals surface area contributed by atoms with Crippen molar-refractivity contribution in [2.75, 3.05) is 6.54 Å². The van der Waals surface area contributed by atoms with Gasteiger partial charge in [0.15, 0.2) is 0 Å². The van der Waals surface area contributed by atoms with Crippen molar-refractivity contribution in [1.82, 2.24) is 15.1 Å². The van der Waals surface area contributed by atoms with E-state index >= 15 is 0 Å². The molecule has 5 nitrogen and oxygen atoms in total. The maximum absolute atomic E-state index is 11.7. The summed E-state index contributed by atoms with van der Waals surface area (Å²) in [4.78, 5) is 11.7. The van der Waals surface area contributed by atoms with Crippen molar-refractivity contribution in [2.24, 2.45) is 11.1 Å². The molecule has 0 fully saturated rings. The zero-order valence-corrected chi connectivity index (χ0v) is 12.2. The highest BCUT2D eigenvalue weighted by Gasteiger charge is 2.17. The topological polar surface area (TPSA) is 72.9 Å². The molecule has 1 aromatic rings. The van der Waals surface area contributed by atoms with Crippen LogP contribution in [0, 0.1) is 5.41 Å². The molecule has 1 rings (SSSR count). The van der Waals surface area contributed by atoms with Crippen molar-refractivity contribution >= 4 is 5.91 Å². The number of amides is 1. The zero-order valence-electron chi connectivity index (χ0n) is 12.2. The summed E-state index contributed by atoms with van der Waals surface area (Å²) in [5.74, 6) is 0.0391. The van der Waals surface area contributed by atoms with Gasteiger partial charge in [-0.1, -0.05) is 20.8 Å². The van der Waals surface area contributed by atoms with E-state index in [4.69, 9.17) is 5.73 Å². The van der Waals surface area contributed by atoms with E-state index < -0.39 is 0 Å². The highest BCUT2D eigenvalue weighted by Crippen LogP contribution is 2.20. The van der Waals surface area contributed by atoms with Gasteiger partial charge in [-0.3, -0.25) is 9.48 Å². The Bertz CT molecular complexity index is 367. The lowest BCUT2D eigenvalue weighted by atomic mass is 9.87. The van der Waals surface area contributed by atoms with Gasteiger partial charge in [0.25, 0.3) is 0 Å². The maximum atomic E-state index is 11.7. The molecule has 1 unspecified atom stereocenters. The SMILES string of the molecule is CC(C)(C)CC(N)CC(=O)NCCCn1cccn1. The average molecular weight is 266 g/mol. The number of carbonyl (C=O) groups is 1. The molecule has 0 spiro atoms. The third-order valence-corrected chi connectivity index (χ3v) is 2.77. The lowest BCUT2D eigenvalue weighted by molar-refractivity contribution is -0.121. The molecule has 1 atom stereocenters. The van der Waals surface area contributed by atoms with E-state index in [1.165, 1.54) is 0 Å². The number of hydrogen-bond donors (Lipinski definition) is 2. The molecule has 1 heterocycles. The normalized spacial score (nSPS) is 13.3. The van der Waals surface area contributed by atoms with Crippen LogP contribution in [0.5, 0.6) is 0 Å². The third kappa shape index (κ3) is 7.62. The predicted octanol–water partition coefficient (Wildman–Crippen LogP) is 1.54. The van der Waals surface area contributed by atoms with Gasteiger partial charge in [-0.05, 0) is 24.3 Å². The summed E-state index contributed by atoms with van der Waals surface area (Å²) in [5.41, 5.74) is 6.13. The van der Waals surface area contributed by atoms with E-state index in [9.17, 15) is 4.79 Å². The van der Waals surface area contributed by atoms with Gasteiger partial charge < -0.3 is 11.1 Å². The first-order valence-electron chi connectivity index (χ1n) is 6.86. The van der Waals surface area contributed by atoms with Crippen LogP contribution in [0.2, 0.25) is 0 Å². The number of nitrogens with zero attached hydrogens (tertiary/aromatic N) is 2. The predicted molar refractivity (Wildman–Crippen MR) is 76.5 cm³/mol. The molecule has 0 saturated carbocycles. The van der Waals surface area contributed by atoms with Crippen molar-refractivity contribution in [3.63, 3.8) is 0 Å². The number of nitrogens with two attached hydrogens (primary N) is 1. The molecular weight excluding hydrogens is 240 g/mol. The second-order valence-electron chi connectivity index (χ2n) is 6.20. The molecule has 0 bridgehead atoms. The first-order valence-corrected chi connectivity index (χ1v) is 6.86. The first kappa shape index (κ1) is 15.7. The molecule has 0 aromatic carbocycles. The second-order valence-corrected chi connectivity index (χ2v) is 6.20. The van der Waals surface area contributed by atoms with Crippen LogP contribution >= 0.6 is 0 Å². The first-order chi connectivity index (χ1) is 8.87. The molecule has 1 amide bonds. The van der Waals surface area contributed by atoms with Crippen LogP contribution in [0.25, 0.3) is 0 Å². The van der Waals surface area contributed by atoms with Crippen LogP contribution in [-0.2, 0) is 11.3 Å². The number of carbonyl (C=O) groups excluding carboxylic acids is 1. The fourth-order valence-corrected chi connectivity index (χ4v) is 2.07. The number of aromatic nitrogens is 2. The summed E-state index contributed by atoms with van der Waals surface area (Å²) in [5, 5.41) is 7.01. The Balaban J connectivity index is 2.10. The van der Waals surface area contributed by atoms with Crippen molar-refractivity contribution in [1.29, 1.82) is 0 Å². The van der Waals surface area contributed by atoms with Crippen molar-refractivity contribution in [3.8, 4) is 0 Å². The van der Waals surface area contributed by atoms with E-state index in [0.29, 0.717) is 13.0 Å². The fourth-order valence-electron chi connectivity index (χ4n) is 2.07. The highest BCUT2D eigenvalue weighted by molar-refractivity contribution is 5.76. The van der Waals surface area contributed by atoms with Gasteiger partial charge in [-0.15, -0.1) is 0 Å². The Morgan fingerprint density at radius 2 is 2.21 bits per heavy atom. The lowest BCUT2D eigenvalue weighted by Crippen LogP contribution is -2.34. The second kappa shape index (κ2) is 7.28. The van der Waals surface area contributed by atoms with Crippen molar-refractivity contribution in [2.45, 2.75) is 52.6 Å². The van der Waals surface area contributed by atoms with E-state index in [1.807, 2.05) is 16.9 Å². The summed E-state index contributed by atoms with van der Waals surface area (Å²) < 4.78 is 1.86. The Kier molecular flexibility index (Phi) is 6.02. The van der Waals surface area contributed by atoms with Crippen LogP contribution in [0.3, 0.4) is 0 Å². The summed E-state index contributed by atoms with van der Waals surface area (Å²) in [6.07, 6.45) is 5.81. The van der Waals surface area contributed by atoms with Crippen LogP contribution in [-0.4, -0.2) is 28.3 Å². The van der Waals surface area contributed by atoms with Crippen LogP contribution in [0.15, 0.2) is 18.5 Å². The Morgan fingerprint density at radius 3 is 2.79 bits per heavy atom. The number of nitrogens with one attached hydrogen (secondary N) is 1. The molecule has 3 N–H and O–H groups in total. The average Bonchev–Trinajstić information content (AvgIpc) is 2.74. The molecule has 0 aliphatic rings. The van der Waals surface area contributed by atoms with Gasteiger partial charge in [0.2, 0.25) is 5.91 Å². The van der Waals surface area contributed by atoms with E-state index in [1.54, 1.807) is 6.20 Å². The minimum absolute atomic E-state index is 0.0391. The quantitative estimate of drug-likeness (QED) is 0.735. The van der Waals surface area contributed by atoms with Gasteiger partial charge in [0.05, 0.1) is 0 Å². The van der Waals surface area contributed by atoms with Crippen LogP contribution < -0.4 is 11.1 Å². The lowest BCUT2D eigenvalue weighted by Gasteiger charge is -2.22. The largest absolute Gasteiger partial charge is 0.356 e. The molecule has 19 heavy (non-hydrogen) atoms. The summed E-state index contributed by atoms with van der Waals surface area (Å²) in [6.45, 7) is 7.89.